The third kappa shape index (κ3) is 4.26. The molecule has 2 N–H and O–H groups in total. The Labute approximate surface area is 135 Å². The summed E-state index contributed by atoms with van der Waals surface area (Å²) < 4.78 is 5.54. The average Bonchev–Trinajstić information content (AvgIpc) is 3.08. The lowest BCUT2D eigenvalue weighted by molar-refractivity contribution is 0.102. The molecule has 0 aliphatic carbocycles. The summed E-state index contributed by atoms with van der Waals surface area (Å²) in [4.78, 5) is 12.1. The van der Waals surface area contributed by atoms with Crippen LogP contribution in [-0.2, 0) is 4.74 Å². The molecule has 1 unspecified atom stereocenters. The number of amides is 1. The molecule has 6 heteroatoms. The van der Waals surface area contributed by atoms with Gasteiger partial charge in [0, 0.05) is 18.7 Å². The first kappa shape index (κ1) is 15.4. The molecule has 1 aromatic carbocycles. The summed E-state index contributed by atoms with van der Waals surface area (Å²) in [6, 6.07) is 10.9. The summed E-state index contributed by atoms with van der Waals surface area (Å²) in [6.45, 7) is 3.54. The summed E-state index contributed by atoms with van der Waals surface area (Å²) in [5.74, 6) is 0.909. The fourth-order valence-corrected chi connectivity index (χ4v) is 2.41. The van der Waals surface area contributed by atoms with E-state index in [1.54, 1.807) is 24.3 Å². The Kier molecular flexibility index (Phi) is 4.83. The SMILES string of the molecule is Cc1ccc(C(=O)Nc2ccc(NCC3CCCO3)nn2)cc1. The number of carbonyl (C=O) groups is 1. The Morgan fingerprint density at radius 3 is 2.57 bits per heavy atom. The number of aromatic nitrogens is 2. The van der Waals surface area contributed by atoms with E-state index in [0.29, 0.717) is 17.2 Å². The molecule has 1 aliphatic heterocycles. The zero-order chi connectivity index (χ0) is 16.1. The van der Waals surface area contributed by atoms with Crippen LogP contribution < -0.4 is 10.6 Å². The molecule has 1 fully saturated rings. The Bertz CT molecular complexity index is 649. The number of nitrogens with one attached hydrogen (secondary N) is 2. The fraction of sp³-hybridized carbons (Fsp3) is 0.353. The quantitative estimate of drug-likeness (QED) is 0.887. The highest BCUT2D eigenvalue weighted by molar-refractivity contribution is 6.03. The van der Waals surface area contributed by atoms with E-state index in [0.717, 1.165) is 31.6 Å². The largest absolute Gasteiger partial charge is 0.376 e. The minimum Gasteiger partial charge on any atom is -0.376 e. The minimum absolute atomic E-state index is 0.195. The van der Waals surface area contributed by atoms with Gasteiger partial charge in [-0.2, -0.15) is 0 Å². The van der Waals surface area contributed by atoms with E-state index in [-0.39, 0.29) is 12.0 Å². The third-order valence-electron chi connectivity index (χ3n) is 3.75. The van der Waals surface area contributed by atoms with Crippen LogP contribution in [0.5, 0.6) is 0 Å². The van der Waals surface area contributed by atoms with Gasteiger partial charge in [-0.1, -0.05) is 17.7 Å². The second kappa shape index (κ2) is 7.19. The molecule has 23 heavy (non-hydrogen) atoms. The van der Waals surface area contributed by atoms with Gasteiger partial charge in [-0.25, -0.2) is 0 Å². The van der Waals surface area contributed by atoms with E-state index in [2.05, 4.69) is 20.8 Å². The van der Waals surface area contributed by atoms with Gasteiger partial charge >= 0.3 is 0 Å². The monoisotopic (exact) mass is 312 g/mol. The van der Waals surface area contributed by atoms with Gasteiger partial charge in [-0.15, -0.1) is 10.2 Å². The van der Waals surface area contributed by atoms with Gasteiger partial charge in [0.15, 0.2) is 5.82 Å². The summed E-state index contributed by atoms with van der Waals surface area (Å²) in [5.41, 5.74) is 1.71. The minimum atomic E-state index is -0.195. The van der Waals surface area contributed by atoms with Gasteiger partial charge in [-0.3, -0.25) is 4.79 Å². The number of carbonyl (C=O) groups excluding carboxylic acids is 1. The number of ether oxygens (including phenoxy) is 1. The lowest BCUT2D eigenvalue weighted by Gasteiger charge is -2.11. The first-order chi connectivity index (χ1) is 11.2. The van der Waals surface area contributed by atoms with Gasteiger partial charge < -0.3 is 15.4 Å². The lowest BCUT2D eigenvalue weighted by Crippen LogP contribution is -2.19. The maximum absolute atomic E-state index is 12.1. The Morgan fingerprint density at radius 2 is 1.91 bits per heavy atom. The zero-order valence-electron chi connectivity index (χ0n) is 13.1. The summed E-state index contributed by atoms with van der Waals surface area (Å²) in [7, 11) is 0. The van der Waals surface area contributed by atoms with E-state index in [4.69, 9.17) is 4.74 Å². The first-order valence-electron chi connectivity index (χ1n) is 7.78. The van der Waals surface area contributed by atoms with Crippen LogP contribution in [-0.4, -0.2) is 35.4 Å². The van der Waals surface area contributed by atoms with Crippen molar-refractivity contribution in [2.45, 2.75) is 25.9 Å². The van der Waals surface area contributed by atoms with Gasteiger partial charge in [0.05, 0.1) is 6.10 Å². The highest BCUT2D eigenvalue weighted by Crippen LogP contribution is 2.13. The predicted molar refractivity (Wildman–Crippen MR) is 88.6 cm³/mol. The van der Waals surface area contributed by atoms with E-state index in [9.17, 15) is 4.79 Å². The van der Waals surface area contributed by atoms with Crippen molar-refractivity contribution < 1.29 is 9.53 Å². The number of benzene rings is 1. The van der Waals surface area contributed by atoms with E-state index in [1.165, 1.54) is 0 Å². The maximum Gasteiger partial charge on any atom is 0.256 e. The van der Waals surface area contributed by atoms with Crippen molar-refractivity contribution in [3.05, 3.63) is 47.5 Å². The van der Waals surface area contributed by atoms with Gasteiger partial charge in [0.25, 0.3) is 5.91 Å². The second-order valence-electron chi connectivity index (χ2n) is 5.64. The highest BCUT2D eigenvalue weighted by Gasteiger charge is 2.15. The van der Waals surface area contributed by atoms with Gasteiger partial charge in [-0.05, 0) is 44.0 Å². The maximum atomic E-state index is 12.1. The normalized spacial score (nSPS) is 17.0. The number of hydrogen-bond acceptors (Lipinski definition) is 5. The number of aryl methyl sites for hydroxylation is 1. The molecule has 0 saturated carbocycles. The molecular formula is C17H20N4O2. The number of nitrogens with zero attached hydrogens (tertiary/aromatic N) is 2. The molecule has 2 aromatic rings. The van der Waals surface area contributed by atoms with Crippen LogP contribution in [0.1, 0.15) is 28.8 Å². The van der Waals surface area contributed by atoms with Crippen molar-refractivity contribution in [3.8, 4) is 0 Å². The van der Waals surface area contributed by atoms with E-state index < -0.39 is 0 Å². The van der Waals surface area contributed by atoms with Crippen molar-refractivity contribution in [3.63, 3.8) is 0 Å². The van der Waals surface area contributed by atoms with Crippen LogP contribution in [0.2, 0.25) is 0 Å². The van der Waals surface area contributed by atoms with Crippen molar-refractivity contribution in [1.82, 2.24) is 10.2 Å². The third-order valence-corrected chi connectivity index (χ3v) is 3.75. The molecule has 120 valence electrons. The molecule has 3 rings (SSSR count). The van der Waals surface area contributed by atoms with Crippen molar-refractivity contribution in [2.24, 2.45) is 0 Å². The van der Waals surface area contributed by atoms with Gasteiger partial charge in [0.1, 0.15) is 5.82 Å². The van der Waals surface area contributed by atoms with Crippen LogP contribution in [0.15, 0.2) is 36.4 Å². The van der Waals surface area contributed by atoms with Crippen molar-refractivity contribution in [1.29, 1.82) is 0 Å². The topological polar surface area (TPSA) is 76.1 Å². The molecule has 1 atom stereocenters. The summed E-state index contributed by atoms with van der Waals surface area (Å²) in [6.07, 6.45) is 2.44. The van der Waals surface area contributed by atoms with E-state index >= 15 is 0 Å². The van der Waals surface area contributed by atoms with Crippen molar-refractivity contribution >= 4 is 17.5 Å². The van der Waals surface area contributed by atoms with Crippen LogP contribution in [0.3, 0.4) is 0 Å². The van der Waals surface area contributed by atoms with Crippen LogP contribution in [0.25, 0.3) is 0 Å². The number of hydrogen-bond donors (Lipinski definition) is 2. The standard InChI is InChI=1S/C17H20N4O2/c1-12-4-6-13(7-5-12)17(22)19-16-9-8-15(20-21-16)18-11-14-3-2-10-23-14/h4-9,14H,2-3,10-11H2,1H3,(H,18,20)(H,19,21,22). The molecule has 0 bridgehead atoms. The van der Waals surface area contributed by atoms with E-state index in [1.807, 2.05) is 19.1 Å². The lowest BCUT2D eigenvalue weighted by atomic mass is 10.1. The Balaban J connectivity index is 1.54. The Hall–Kier alpha value is -2.47. The number of anilines is 2. The first-order valence-corrected chi connectivity index (χ1v) is 7.78. The van der Waals surface area contributed by atoms with Gasteiger partial charge in [0.2, 0.25) is 0 Å². The number of rotatable bonds is 5. The molecule has 1 aliphatic rings. The average molecular weight is 312 g/mol. The summed E-state index contributed by atoms with van der Waals surface area (Å²) >= 11 is 0. The zero-order valence-corrected chi connectivity index (χ0v) is 13.1. The van der Waals surface area contributed by atoms with Crippen molar-refractivity contribution in [2.75, 3.05) is 23.8 Å². The molecule has 1 saturated heterocycles. The predicted octanol–water partition coefficient (Wildman–Crippen LogP) is 2.63. The van der Waals surface area contributed by atoms with Crippen LogP contribution in [0, 0.1) is 6.92 Å². The Morgan fingerprint density at radius 1 is 1.17 bits per heavy atom. The second-order valence-corrected chi connectivity index (χ2v) is 5.64. The fourth-order valence-electron chi connectivity index (χ4n) is 2.41. The van der Waals surface area contributed by atoms with Crippen LogP contribution in [0.4, 0.5) is 11.6 Å². The smallest absolute Gasteiger partial charge is 0.256 e. The molecular weight excluding hydrogens is 292 g/mol. The molecule has 6 nitrogen and oxygen atoms in total. The molecule has 1 amide bonds. The highest BCUT2D eigenvalue weighted by atomic mass is 16.5. The molecule has 0 spiro atoms. The molecule has 1 aromatic heterocycles. The molecule has 2 heterocycles. The molecule has 0 radical (unpaired) electrons. The van der Waals surface area contributed by atoms with Crippen LogP contribution >= 0.6 is 0 Å². The summed E-state index contributed by atoms with van der Waals surface area (Å²) in [5, 5.41) is 14.0.